The monoisotopic (exact) mass is 202 g/mol. The van der Waals surface area contributed by atoms with Crippen LogP contribution in [0, 0.1) is 0 Å². The summed E-state index contributed by atoms with van der Waals surface area (Å²) in [6, 6.07) is 0. The van der Waals surface area contributed by atoms with E-state index in [1.807, 2.05) is 7.05 Å². The number of nitrogens with one attached hydrogen (secondary N) is 2. The Labute approximate surface area is 86.1 Å². The molecule has 0 aliphatic heterocycles. The van der Waals surface area contributed by atoms with Crippen LogP contribution < -0.4 is 10.6 Å². The quantitative estimate of drug-likeness (QED) is 0.470. The molecule has 0 atom stereocenters. The molecule has 0 aromatic heterocycles. The van der Waals surface area contributed by atoms with Crippen molar-refractivity contribution in [3.05, 3.63) is 0 Å². The average molecular weight is 202 g/mol. The molecule has 0 aliphatic carbocycles. The summed E-state index contributed by atoms with van der Waals surface area (Å²) in [5, 5.41) is 14.4. The highest BCUT2D eigenvalue weighted by atomic mass is 16.2. The molecular formula is C10H22N2O2. The number of carbonyl (C=O) groups is 1. The molecule has 3 N–H and O–H groups in total. The fourth-order valence-electron chi connectivity index (χ4n) is 1.16. The SMILES string of the molecule is CNCCCC(=O)NCCCCCO. The van der Waals surface area contributed by atoms with Crippen LogP contribution in [0.1, 0.15) is 32.1 Å². The van der Waals surface area contributed by atoms with Crippen molar-refractivity contribution in [3.63, 3.8) is 0 Å². The number of amides is 1. The third-order valence-corrected chi connectivity index (χ3v) is 1.99. The van der Waals surface area contributed by atoms with E-state index in [1.54, 1.807) is 0 Å². The Morgan fingerprint density at radius 2 is 1.93 bits per heavy atom. The van der Waals surface area contributed by atoms with Crippen LogP contribution in [0.3, 0.4) is 0 Å². The molecule has 0 bridgehead atoms. The zero-order valence-corrected chi connectivity index (χ0v) is 9.01. The number of hydrogen-bond donors (Lipinski definition) is 3. The Morgan fingerprint density at radius 3 is 2.57 bits per heavy atom. The first-order chi connectivity index (χ1) is 6.81. The summed E-state index contributed by atoms with van der Waals surface area (Å²) < 4.78 is 0. The Bertz CT molecular complexity index is 140. The predicted molar refractivity (Wildman–Crippen MR) is 57.1 cm³/mol. The molecule has 0 saturated carbocycles. The van der Waals surface area contributed by atoms with Gasteiger partial charge in [-0.05, 0) is 39.3 Å². The maximum Gasteiger partial charge on any atom is 0.220 e. The van der Waals surface area contributed by atoms with Crippen molar-refractivity contribution in [2.45, 2.75) is 32.1 Å². The van der Waals surface area contributed by atoms with Gasteiger partial charge in [-0.1, -0.05) is 0 Å². The highest BCUT2D eigenvalue weighted by molar-refractivity contribution is 5.75. The van der Waals surface area contributed by atoms with Gasteiger partial charge in [-0.15, -0.1) is 0 Å². The van der Waals surface area contributed by atoms with Gasteiger partial charge in [0.1, 0.15) is 0 Å². The standard InChI is InChI=1S/C10H22N2O2/c1-11-7-5-6-10(14)12-8-3-2-4-9-13/h11,13H,2-9H2,1H3,(H,12,14). The second-order valence-corrected chi connectivity index (χ2v) is 3.34. The van der Waals surface area contributed by atoms with E-state index in [4.69, 9.17) is 5.11 Å². The summed E-state index contributed by atoms with van der Waals surface area (Å²) in [5.74, 6) is 0.129. The fraction of sp³-hybridized carbons (Fsp3) is 0.900. The van der Waals surface area contributed by atoms with Crippen molar-refractivity contribution in [2.75, 3.05) is 26.7 Å². The minimum Gasteiger partial charge on any atom is -0.396 e. The van der Waals surface area contributed by atoms with Gasteiger partial charge in [-0.2, -0.15) is 0 Å². The lowest BCUT2D eigenvalue weighted by Gasteiger charge is -2.04. The smallest absolute Gasteiger partial charge is 0.220 e. The number of rotatable bonds is 9. The van der Waals surface area contributed by atoms with E-state index in [0.29, 0.717) is 6.42 Å². The second-order valence-electron chi connectivity index (χ2n) is 3.34. The molecule has 0 radical (unpaired) electrons. The van der Waals surface area contributed by atoms with Crippen LogP contribution in [0.15, 0.2) is 0 Å². The van der Waals surface area contributed by atoms with Gasteiger partial charge < -0.3 is 15.7 Å². The van der Waals surface area contributed by atoms with E-state index >= 15 is 0 Å². The Kier molecular flexibility index (Phi) is 10.0. The molecule has 0 unspecified atom stereocenters. The first-order valence-electron chi connectivity index (χ1n) is 5.33. The van der Waals surface area contributed by atoms with Gasteiger partial charge in [0.25, 0.3) is 0 Å². The van der Waals surface area contributed by atoms with Gasteiger partial charge in [0.05, 0.1) is 0 Å². The van der Waals surface area contributed by atoms with Gasteiger partial charge in [0.15, 0.2) is 0 Å². The maximum absolute atomic E-state index is 11.2. The molecule has 4 heteroatoms. The highest BCUT2D eigenvalue weighted by Crippen LogP contribution is 1.93. The summed E-state index contributed by atoms with van der Waals surface area (Å²) in [5.41, 5.74) is 0. The van der Waals surface area contributed by atoms with E-state index in [9.17, 15) is 4.79 Å². The van der Waals surface area contributed by atoms with E-state index in [1.165, 1.54) is 0 Å². The lowest BCUT2D eigenvalue weighted by atomic mass is 10.2. The predicted octanol–water partition coefficient (Wildman–Crippen LogP) is 0.265. The zero-order chi connectivity index (χ0) is 10.6. The highest BCUT2D eigenvalue weighted by Gasteiger charge is 1.98. The largest absolute Gasteiger partial charge is 0.396 e. The molecule has 1 amide bonds. The van der Waals surface area contributed by atoms with Crippen LogP contribution >= 0.6 is 0 Å². The number of unbranched alkanes of at least 4 members (excludes halogenated alkanes) is 2. The van der Waals surface area contributed by atoms with Gasteiger partial charge >= 0.3 is 0 Å². The first kappa shape index (κ1) is 13.4. The fourth-order valence-corrected chi connectivity index (χ4v) is 1.16. The Hall–Kier alpha value is -0.610. The molecule has 4 nitrogen and oxygen atoms in total. The van der Waals surface area contributed by atoms with Crippen LogP contribution in [-0.2, 0) is 4.79 Å². The topological polar surface area (TPSA) is 61.4 Å². The van der Waals surface area contributed by atoms with Gasteiger partial charge in [0.2, 0.25) is 5.91 Å². The summed E-state index contributed by atoms with van der Waals surface area (Å²) >= 11 is 0. The first-order valence-corrected chi connectivity index (χ1v) is 5.33. The third kappa shape index (κ3) is 9.48. The number of aliphatic hydroxyl groups is 1. The molecule has 0 rings (SSSR count). The number of carbonyl (C=O) groups excluding carboxylic acids is 1. The van der Waals surface area contributed by atoms with E-state index in [0.717, 1.165) is 38.8 Å². The molecule has 0 spiro atoms. The van der Waals surface area contributed by atoms with Crippen molar-refractivity contribution < 1.29 is 9.90 Å². The van der Waals surface area contributed by atoms with Crippen molar-refractivity contribution in [2.24, 2.45) is 0 Å². The van der Waals surface area contributed by atoms with Crippen molar-refractivity contribution >= 4 is 5.91 Å². The van der Waals surface area contributed by atoms with E-state index in [2.05, 4.69) is 10.6 Å². The minimum absolute atomic E-state index is 0.129. The van der Waals surface area contributed by atoms with Crippen LogP contribution in [0.5, 0.6) is 0 Å². The average Bonchev–Trinajstić information content (AvgIpc) is 2.18. The van der Waals surface area contributed by atoms with Crippen LogP contribution in [0.4, 0.5) is 0 Å². The lowest BCUT2D eigenvalue weighted by Crippen LogP contribution is -2.25. The van der Waals surface area contributed by atoms with Gasteiger partial charge in [-0.3, -0.25) is 4.79 Å². The molecule has 0 saturated heterocycles. The van der Waals surface area contributed by atoms with Crippen molar-refractivity contribution in [1.82, 2.24) is 10.6 Å². The molecule has 84 valence electrons. The Balaban J connectivity index is 3.10. The summed E-state index contributed by atoms with van der Waals surface area (Å²) in [6.07, 6.45) is 4.25. The minimum atomic E-state index is 0.129. The van der Waals surface area contributed by atoms with Crippen molar-refractivity contribution in [1.29, 1.82) is 0 Å². The third-order valence-electron chi connectivity index (χ3n) is 1.99. The molecule has 0 aromatic carbocycles. The van der Waals surface area contributed by atoms with Gasteiger partial charge in [-0.25, -0.2) is 0 Å². The van der Waals surface area contributed by atoms with E-state index < -0.39 is 0 Å². The summed E-state index contributed by atoms with van der Waals surface area (Å²) in [4.78, 5) is 11.2. The second kappa shape index (κ2) is 10.5. The summed E-state index contributed by atoms with van der Waals surface area (Å²) in [6.45, 7) is 1.87. The Morgan fingerprint density at radius 1 is 1.14 bits per heavy atom. The van der Waals surface area contributed by atoms with Gasteiger partial charge in [0, 0.05) is 19.6 Å². The molecular weight excluding hydrogens is 180 g/mol. The molecule has 0 aliphatic rings. The van der Waals surface area contributed by atoms with Crippen LogP contribution in [-0.4, -0.2) is 37.8 Å². The molecule has 0 aromatic rings. The normalized spacial score (nSPS) is 10.1. The van der Waals surface area contributed by atoms with E-state index in [-0.39, 0.29) is 12.5 Å². The summed E-state index contributed by atoms with van der Waals surface area (Å²) in [7, 11) is 1.88. The number of aliphatic hydroxyl groups excluding tert-OH is 1. The molecule has 0 fully saturated rings. The van der Waals surface area contributed by atoms with Crippen LogP contribution in [0.2, 0.25) is 0 Å². The number of hydrogen-bond acceptors (Lipinski definition) is 3. The van der Waals surface area contributed by atoms with Crippen molar-refractivity contribution in [3.8, 4) is 0 Å². The zero-order valence-electron chi connectivity index (χ0n) is 9.01. The van der Waals surface area contributed by atoms with Crippen LogP contribution in [0.25, 0.3) is 0 Å². The maximum atomic E-state index is 11.2. The molecule has 14 heavy (non-hydrogen) atoms. The molecule has 0 heterocycles. The lowest BCUT2D eigenvalue weighted by molar-refractivity contribution is -0.121.